The molecule has 1 saturated carbocycles. The number of rotatable bonds is 3. The third-order valence-electron chi connectivity index (χ3n) is 4.16. The van der Waals surface area contributed by atoms with Crippen molar-refractivity contribution in [1.82, 2.24) is 5.32 Å². The quantitative estimate of drug-likeness (QED) is 0.671. The van der Waals surface area contributed by atoms with Gasteiger partial charge in [0, 0.05) is 44.6 Å². The molecule has 0 atom stereocenters. The van der Waals surface area contributed by atoms with Gasteiger partial charge in [-0.3, -0.25) is 4.79 Å². The van der Waals surface area contributed by atoms with E-state index in [1.807, 2.05) is 0 Å². The number of hydrogen-bond acceptors (Lipinski definition) is 4. The number of aliphatic hydroxyl groups is 1. The van der Waals surface area contributed by atoms with E-state index < -0.39 is 5.60 Å². The summed E-state index contributed by atoms with van der Waals surface area (Å²) in [4.78, 5) is 12.0. The first kappa shape index (κ1) is 13.8. The highest BCUT2D eigenvalue weighted by atomic mass is 16.5. The smallest absolute Gasteiger partial charge is 0.223 e. The molecule has 2 rings (SSSR count). The van der Waals surface area contributed by atoms with Gasteiger partial charge in [0.25, 0.3) is 0 Å². The van der Waals surface area contributed by atoms with Gasteiger partial charge >= 0.3 is 0 Å². The standard InChI is InChI=1S/C13H24N2O3/c14-11-3-1-10(2-4-11)12(16)15-9-13(17)5-7-18-8-6-13/h10-11,17H,1-9,14H2,(H,15,16). The van der Waals surface area contributed by atoms with Crippen LogP contribution in [-0.2, 0) is 9.53 Å². The lowest BCUT2D eigenvalue weighted by atomic mass is 9.85. The summed E-state index contributed by atoms with van der Waals surface area (Å²) in [5.41, 5.74) is 5.04. The van der Waals surface area contributed by atoms with Gasteiger partial charge in [0.05, 0.1) is 5.60 Å². The number of nitrogens with two attached hydrogens (primary N) is 1. The number of carbonyl (C=O) groups is 1. The molecule has 0 radical (unpaired) electrons. The van der Waals surface area contributed by atoms with Crippen molar-refractivity contribution in [3.05, 3.63) is 0 Å². The molecule has 5 heteroatoms. The second-order valence-corrected chi connectivity index (χ2v) is 5.67. The van der Waals surface area contributed by atoms with Crippen LogP contribution in [0.5, 0.6) is 0 Å². The summed E-state index contributed by atoms with van der Waals surface area (Å²) < 4.78 is 5.21. The predicted molar refractivity (Wildman–Crippen MR) is 67.9 cm³/mol. The molecule has 18 heavy (non-hydrogen) atoms. The molecule has 0 aromatic heterocycles. The summed E-state index contributed by atoms with van der Waals surface area (Å²) in [5.74, 6) is 0.148. The summed E-state index contributed by atoms with van der Waals surface area (Å²) in [6.07, 6.45) is 4.79. The number of hydrogen-bond donors (Lipinski definition) is 3. The van der Waals surface area contributed by atoms with Gasteiger partial charge in [0.2, 0.25) is 5.91 Å². The Balaban J connectivity index is 1.74. The van der Waals surface area contributed by atoms with Gasteiger partial charge in [0.1, 0.15) is 0 Å². The lowest BCUT2D eigenvalue weighted by Crippen LogP contribution is -2.48. The Labute approximate surface area is 108 Å². The van der Waals surface area contributed by atoms with Crippen LogP contribution in [-0.4, -0.2) is 42.4 Å². The lowest BCUT2D eigenvalue weighted by molar-refractivity contribution is -0.128. The van der Waals surface area contributed by atoms with E-state index in [1.165, 1.54) is 0 Å². The Kier molecular flexibility index (Phi) is 4.59. The molecule has 0 aromatic rings. The van der Waals surface area contributed by atoms with E-state index in [1.54, 1.807) is 0 Å². The van der Waals surface area contributed by atoms with Crippen LogP contribution in [0.15, 0.2) is 0 Å². The van der Waals surface area contributed by atoms with Gasteiger partial charge in [-0.05, 0) is 25.7 Å². The van der Waals surface area contributed by atoms with Crippen molar-refractivity contribution in [3.63, 3.8) is 0 Å². The van der Waals surface area contributed by atoms with Gasteiger partial charge in [-0.25, -0.2) is 0 Å². The first-order valence-electron chi connectivity index (χ1n) is 6.92. The number of ether oxygens (including phenoxy) is 1. The normalized spacial score (nSPS) is 31.9. The first-order chi connectivity index (χ1) is 8.59. The zero-order valence-corrected chi connectivity index (χ0v) is 10.9. The molecule has 0 spiro atoms. The average Bonchev–Trinajstić information content (AvgIpc) is 2.38. The molecule has 1 aliphatic carbocycles. The molecule has 4 N–H and O–H groups in total. The van der Waals surface area contributed by atoms with E-state index in [-0.39, 0.29) is 17.9 Å². The van der Waals surface area contributed by atoms with E-state index >= 15 is 0 Å². The van der Waals surface area contributed by atoms with Crippen molar-refractivity contribution in [2.45, 2.75) is 50.2 Å². The first-order valence-corrected chi connectivity index (χ1v) is 6.92. The van der Waals surface area contributed by atoms with Crippen molar-refractivity contribution in [1.29, 1.82) is 0 Å². The fourth-order valence-corrected chi connectivity index (χ4v) is 2.71. The van der Waals surface area contributed by atoms with Crippen LogP contribution in [0.1, 0.15) is 38.5 Å². The molecule has 1 amide bonds. The summed E-state index contributed by atoms with van der Waals surface area (Å²) in [6.45, 7) is 1.49. The summed E-state index contributed by atoms with van der Waals surface area (Å²) in [7, 11) is 0. The molecule has 1 aliphatic heterocycles. The van der Waals surface area contributed by atoms with E-state index in [4.69, 9.17) is 10.5 Å². The third kappa shape index (κ3) is 3.67. The van der Waals surface area contributed by atoms with Crippen LogP contribution < -0.4 is 11.1 Å². The van der Waals surface area contributed by atoms with Crippen molar-refractivity contribution in [3.8, 4) is 0 Å². The van der Waals surface area contributed by atoms with Crippen molar-refractivity contribution in [2.75, 3.05) is 19.8 Å². The molecule has 2 aliphatic rings. The van der Waals surface area contributed by atoms with Crippen molar-refractivity contribution >= 4 is 5.91 Å². The molecule has 104 valence electrons. The SMILES string of the molecule is NC1CCC(C(=O)NCC2(O)CCOCC2)CC1. The van der Waals surface area contributed by atoms with Gasteiger partial charge in [-0.1, -0.05) is 0 Å². The Morgan fingerprint density at radius 1 is 1.28 bits per heavy atom. The third-order valence-corrected chi connectivity index (χ3v) is 4.16. The van der Waals surface area contributed by atoms with Gasteiger partial charge in [-0.2, -0.15) is 0 Å². The highest BCUT2D eigenvalue weighted by molar-refractivity contribution is 5.78. The van der Waals surface area contributed by atoms with Crippen LogP contribution >= 0.6 is 0 Å². The maximum Gasteiger partial charge on any atom is 0.223 e. The minimum absolute atomic E-state index is 0.0711. The van der Waals surface area contributed by atoms with Gasteiger partial charge in [0.15, 0.2) is 0 Å². The van der Waals surface area contributed by atoms with Crippen LogP contribution in [0.3, 0.4) is 0 Å². The highest BCUT2D eigenvalue weighted by Crippen LogP contribution is 2.24. The molecular formula is C13H24N2O3. The summed E-state index contributed by atoms with van der Waals surface area (Å²) >= 11 is 0. The predicted octanol–water partition coefficient (Wildman–Crippen LogP) is 0.162. The monoisotopic (exact) mass is 256 g/mol. The Bertz CT molecular complexity index is 282. The lowest BCUT2D eigenvalue weighted by Gasteiger charge is -2.33. The van der Waals surface area contributed by atoms with Crippen molar-refractivity contribution in [2.24, 2.45) is 11.7 Å². The molecule has 2 fully saturated rings. The minimum Gasteiger partial charge on any atom is -0.388 e. The van der Waals surface area contributed by atoms with Gasteiger partial charge < -0.3 is 20.9 Å². The number of carbonyl (C=O) groups excluding carboxylic acids is 1. The number of amides is 1. The molecule has 0 bridgehead atoms. The molecular weight excluding hydrogens is 232 g/mol. The van der Waals surface area contributed by atoms with Crippen LogP contribution in [0.4, 0.5) is 0 Å². The Morgan fingerprint density at radius 2 is 1.89 bits per heavy atom. The summed E-state index contributed by atoms with van der Waals surface area (Å²) in [5, 5.41) is 13.1. The Morgan fingerprint density at radius 3 is 2.50 bits per heavy atom. The zero-order valence-electron chi connectivity index (χ0n) is 10.9. The van der Waals surface area contributed by atoms with E-state index in [0.29, 0.717) is 32.6 Å². The van der Waals surface area contributed by atoms with E-state index in [2.05, 4.69) is 5.32 Å². The largest absolute Gasteiger partial charge is 0.388 e. The second-order valence-electron chi connectivity index (χ2n) is 5.67. The fraction of sp³-hybridized carbons (Fsp3) is 0.923. The second kappa shape index (κ2) is 5.99. The maximum absolute atomic E-state index is 12.0. The molecule has 5 nitrogen and oxygen atoms in total. The molecule has 0 unspecified atom stereocenters. The zero-order chi connectivity index (χ0) is 13.0. The van der Waals surface area contributed by atoms with Gasteiger partial charge in [-0.15, -0.1) is 0 Å². The molecule has 1 heterocycles. The van der Waals surface area contributed by atoms with E-state index in [0.717, 1.165) is 25.7 Å². The Hall–Kier alpha value is -0.650. The van der Waals surface area contributed by atoms with Crippen molar-refractivity contribution < 1.29 is 14.6 Å². The maximum atomic E-state index is 12.0. The van der Waals surface area contributed by atoms with Crippen LogP contribution in [0, 0.1) is 5.92 Å². The average molecular weight is 256 g/mol. The molecule has 1 saturated heterocycles. The number of nitrogens with one attached hydrogen (secondary N) is 1. The molecule has 0 aromatic carbocycles. The highest BCUT2D eigenvalue weighted by Gasteiger charge is 2.31. The summed E-state index contributed by atoms with van der Waals surface area (Å²) in [6, 6.07) is 0.258. The van der Waals surface area contributed by atoms with Crippen LogP contribution in [0.25, 0.3) is 0 Å². The fourth-order valence-electron chi connectivity index (χ4n) is 2.71. The van der Waals surface area contributed by atoms with Crippen LogP contribution in [0.2, 0.25) is 0 Å². The van der Waals surface area contributed by atoms with E-state index in [9.17, 15) is 9.90 Å². The minimum atomic E-state index is -0.779. The topological polar surface area (TPSA) is 84.6 Å².